The minimum Gasteiger partial charge on any atom is -0.370 e. The van der Waals surface area contributed by atoms with Crippen LogP contribution in [0.25, 0.3) is 10.9 Å². The Morgan fingerprint density at radius 2 is 1.88 bits per heavy atom. The standard InChI is InChI=1S/C19H21N3O3S/c1-21-17-6-4-3-5-15(17)18(16(13-20)19(21)23)22-10-7-14(8-11-22)9-12-26(2,24)25/h3-6,9,12,14H,7-8,10-11H2,1-2H3. The second-order valence-corrected chi connectivity index (χ2v) is 8.63. The van der Waals surface area contributed by atoms with E-state index in [2.05, 4.69) is 11.0 Å². The van der Waals surface area contributed by atoms with Gasteiger partial charge in [0.1, 0.15) is 11.6 Å². The molecule has 1 aromatic carbocycles. The zero-order valence-corrected chi connectivity index (χ0v) is 15.7. The SMILES string of the molecule is Cn1c(=O)c(C#N)c(N2CCC(C=CS(C)(=O)=O)CC2)c2ccccc21. The van der Waals surface area contributed by atoms with Crippen molar-refractivity contribution in [2.24, 2.45) is 13.0 Å². The third kappa shape index (κ3) is 3.51. The quantitative estimate of drug-likeness (QED) is 0.826. The highest BCUT2D eigenvalue weighted by atomic mass is 32.2. The smallest absolute Gasteiger partial charge is 0.270 e. The molecule has 0 atom stereocenters. The summed E-state index contributed by atoms with van der Waals surface area (Å²) in [5, 5.41) is 11.7. The average Bonchev–Trinajstić information content (AvgIpc) is 2.63. The number of aryl methyl sites for hydroxylation is 1. The summed E-state index contributed by atoms with van der Waals surface area (Å²) in [6.07, 6.45) is 4.49. The summed E-state index contributed by atoms with van der Waals surface area (Å²) in [6.45, 7) is 1.34. The monoisotopic (exact) mass is 371 g/mol. The molecule has 1 aliphatic heterocycles. The van der Waals surface area contributed by atoms with Crippen molar-refractivity contribution in [1.29, 1.82) is 5.26 Å². The number of rotatable bonds is 3. The molecule has 1 aliphatic rings. The fourth-order valence-corrected chi connectivity index (χ4v) is 3.99. The lowest BCUT2D eigenvalue weighted by Crippen LogP contribution is -2.36. The Labute approximate surface area is 152 Å². The Kier molecular flexibility index (Phi) is 4.88. The van der Waals surface area contributed by atoms with Gasteiger partial charge in [-0.2, -0.15) is 5.26 Å². The van der Waals surface area contributed by atoms with E-state index in [0.29, 0.717) is 18.8 Å². The molecule has 0 unspecified atom stereocenters. The van der Waals surface area contributed by atoms with E-state index in [1.807, 2.05) is 24.3 Å². The molecule has 136 valence electrons. The number of sulfone groups is 1. The summed E-state index contributed by atoms with van der Waals surface area (Å²) in [5.41, 5.74) is 1.36. The molecule has 3 rings (SSSR count). The molecular weight excluding hydrogens is 350 g/mol. The lowest BCUT2D eigenvalue weighted by atomic mass is 9.95. The predicted octanol–water partition coefficient (Wildman–Crippen LogP) is 2.18. The Hall–Kier alpha value is -2.59. The molecule has 0 saturated carbocycles. The van der Waals surface area contributed by atoms with Crippen LogP contribution in [0.2, 0.25) is 0 Å². The fraction of sp³-hybridized carbons (Fsp3) is 0.368. The normalized spacial score (nSPS) is 16.3. The van der Waals surface area contributed by atoms with Gasteiger partial charge in [-0.25, -0.2) is 8.42 Å². The zero-order valence-electron chi connectivity index (χ0n) is 14.8. The van der Waals surface area contributed by atoms with E-state index in [-0.39, 0.29) is 17.0 Å². The van der Waals surface area contributed by atoms with Gasteiger partial charge in [-0.1, -0.05) is 24.3 Å². The van der Waals surface area contributed by atoms with Gasteiger partial charge in [0.05, 0.1) is 11.2 Å². The topological polar surface area (TPSA) is 83.2 Å². The maximum Gasteiger partial charge on any atom is 0.270 e. The van der Waals surface area contributed by atoms with Gasteiger partial charge in [-0.15, -0.1) is 0 Å². The number of benzene rings is 1. The lowest BCUT2D eigenvalue weighted by molar-refractivity contribution is 0.479. The van der Waals surface area contributed by atoms with Gasteiger partial charge in [-0.05, 0) is 24.8 Å². The highest BCUT2D eigenvalue weighted by Crippen LogP contribution is 2.32. The van der Waals surface area contributed by atoms with Crippen LogP contribution in [0.5, 0.6) is 0 Å². The van der Waals surface area contributed by atoms with Gasteiger partial charge < -0.3 is 9.47 Å². The number of pyridine rings is 1. The van der Waals surface area contributed by atoms with Crippen LogP contribution in [-0.4, -0.2) is 32.3 Å². The largest absolute Gasteiger partial charge is 0.370 e. The fourth-order valence-electron chi connectivity index (χ4n) is 3.48. The van der Waals surface area contributed by atoms with Gasteiger partial charge in [0.2, 0.25) is 0 Å². The molecule has 1 aromatic heterocycles. The second-order valence-electron chi connectivity index (χ2n) is 6.70. The molecule has 0 N–H and O–H groups in total. The molecule has 2 heterocycles. The third-order valence-electron chi connectivity index (χ3n) is 4.84. The van der Waals surface area contributed by atoms with Crippen LogP contribution in [-0.2, 0) is 16.9 Å². The van der Waals surface area contributed by atoms with Crippen molar-refractivity contribution in [2.75, 3.05) is 24.2 Å². The molecule has 7 heteroatoms. The zero-order chi connectivity index (χ0) is 18.9. The number of aromatic nitrogens is 1. The molecule has 0 amide bonds. The maximum absolute atomic E-state index is 12.6. The van der Waals surface area contributed by atoms with Gasteiger partial charge >= 0.3 is 0 Å². The molecule has 0 bridgehead atoms. The van der Waals surface area contributed by atoms with Crippen LogP contribution >= 0.6 is 0 Å². The van der Waals surface area contributed by atoms with E-state index in [1.54, 1.807) is 13.1 Å². The molecule has 2 aromatic rings. The van der Waals surface area contributed by atoms with Crippen molar-refractivity contribution in [3.8, 4) is 6.07 Å². The highest BCUT2D eigenvalue weighted by Gasteiger charge is 2.24. The Morgan fingerprint density at radius 1 is 1.23 bits per heavy atom. The van der Waals surface area contributed by atoms with Crippen LogP contribution in [0.4, 0.5) is 5.69 Å². The van der Waals surface area contributed by atoms with E-state index < -0.39 is 9.84 Å². The predicted molar refractivity (Wildman–Crippen MR) is 103 cm³/mol. The molecule has 0 radical (unpaired) electrons. The first-order valence-corrected chi connectivity index (χ1v) is 10.4. The number of para-hydroxylation sites is 1. The van der Waals surface area contributed by atoms with Gasteiger partial charge in [-0.3, -0.25) is 4.79 Å². The number of hydrogen-bond acceptors (Lipinski definition) is 5. The highest BCUT2D eigenvalue weighted by molar-refractivity contribution is 7.93. The molecule has 26 heavy (non-hydrogen) atoms. The number of piperidine rings is 1. The first kappa shape index (κ1) is 18.2. The van der Waals surface area contributed by atoms with Gasteiger partial charge in [0, 0.05) is 37.2 Å². The summed E-state index contributed by atoms with van der Waals surface area (Å²) in [4.78, 5) is 14.7. The number of nitriles is 1. The summed E-state index contributed by atoms with van der Waals surface area (Å²) < 4.78 is 24.1. The molecular formula is C19H21N3O3S. The Balaban J connectivity index is 1.98. The summed E-state index contributed by atoms with van der Waals surface area (Å²) in [6, 6.07) is 9.67. The van der Waals surface area contributed by atoms with Crippen LogP contribution < -0.4 is 10.5 Å². The van der Waals surface area contributed by atoms with Gasteiger partial charge in [0.15, 0.2) is 9.84 Å². The third-order valence-corrected chi connectivity index (χ3v) is 5.49. The van der Waals surface area contributed by atoms with Crippen molar-refractivity contribution in [2.45, 2.75) is 12.8 Å². The summed E-state index contributed by atoms with van der Waals surface area (Å²) >= 11 is 0. The van der Waals surface area contributed by atoms with Gasteiger partial charge in [0.25, 0.3) is 5.56 Å². The lowest BCUT2D eigenvalue weighted by Gasteiger charge is -2.33. The minimum absolute atomic E-state index is 0.163. The van der Waals surface area contributed by atoms with Crippen molar-refractivity contribution in [3.63, 3.8) is 0 Å². The van der Waals surface area contributed by atoms with E-state index in [4.69, 9.17) is 0 Å². The van der Waals surface area contributed by atoms with Crippen molar-refractivity contribution < 1.29 is 8.42 Å². The first-order valence-electron chi connectivity index (χ1n) is 8.47. The Bertz CT molecular complexity index is 1070. The molecule has 0 spiro atoms. The number of allylic oxidation sites excluding steroid dienone is 1. The maximum atomic E-state index is 12.6. The number of hydrogen-bond donors (Lipinski definition) is 0. The first-order chi connectivity index (χ1) is 12.3. The summed E-state index contributed by atoms with van der Waals surface area (Å²) in [7, 11) is -1.44. The minimum atomic E-state index is -3.12. The number of anilines is 1. The average molecular weight is 371 g/mol. The molecule has 1 saturated heterocycles. The van der Waals surface area contributed by atoms with E-state index in [1.165, 1.54) is 16.2 Å². The number of fused-ring (bicyclic) bond motifs is 1. The molecule has 0 aliphatic carbocycles. The van der Waals surface area contributed by atoms with E-state index >= 15 is 0 Å². The molecule has 6 nitrogen and oxygen atoms in total. The van der Waals surface area contributed by atoms with Crippen molar-refractivity contribution >= 4 is 26.4 Å². The van der Waals surface area contributed by atoms with Crippen molar-refractivity contribution in [1.82, 2.24) is 4.57 Å². The van der Waals surface area contributed by atoms with Crippen LogP contribution in [0.1, 0.15) is 18.4 Å². The van der Waals surface area contributed by atoms with E-state index in [9.17, 15) is 18.5 Å². The van der Waals surface area contributed by atoms with E-state index in [0.717, 1.165) is 23.7 Å². The molecule has 1 fully saturated rings. The van der Waals surface area contributed by atoms with Crippen molar-refractivity contribution in [3.05, 3.63) is 51.7 Å². The second kappa shape index (κ2) is 6.96. The summed E-state index contributed by atoms with van der Waals surface area (Å²) in [5.74, 6) is 0.185. The van der Waals surface area contributed by atoms with Crippen LogP contribution in [0.3, 0.4) is 0 Å². The number of nitrogens with zero attached hydrogens (tertiary/aromatic N) is 3. The Morgan fingerprint density at radius 3 is 2.50 bits per heavy atom. The van der Waals surface area contributed by atoms with Crippen LogP contribution in [0, 0.1) is 17.2 Å². The van der Waals surface area contributed by atoms with Crippen LogP contribution in [0.15, 0.2) is 40.5 Å².